The van der Waals surface area contributed by atoms with Gasteiger partial charge in [0.2, 0.25) is 5.91 Å². The van der Waals surface area contributed by atoms with Gasteiger partial charge in [-0.05, 0) is 17.0 Å². The Morgan fingerprint density at radius 3 is 2.75 bits per heavy atom. The summed E-state index contributed by atoms with van der Waals surface area (Å²) in [6.07, 6.45) is -2.10. The van der Waals surface area contributed by atoms with Crippen molar-refractivity contribution in [1.82, 2.24) is 5.32 Å². The number of carbonyl (C=O) groups excluding carboxylic acids is 1. The molecular formula is C10H15NO4S. The van der Waals surface area contributed by atoms with Crippen molar-refractivity contribution < 1.29 is 20.1 Å². The molecular weight excluding hydrogens is 230 g/mol. The zero-order chi connectivity index (χ0) is 12.1. The SMILES string of the molecule is CC(=O)NCC(O)C(O)c1csc(CO)c1. The summed E-state index contributed by atoms with van der Waals surface area (Å²) in [5.74, 6) is -0.257. The first kappa shape index (κ1) is 13.1. The van der Waals surface area contributed by atoms with Gasteiger partial charge in [-0.25, -0.2) is 0 Å². The third-order valence-electron chi connectivity index (χ3n) is 2.10. The molecule has 2 unspecified atom stereocenters. The zero-order valence-corrected chi connectivity index (χ0v) is 9.70. The van der Waals surface area contributed by atoms with E-state index in [1.54, 1.807) is 11.4 Å². The topological polar surface area (TPSA) is 89.8 Å². The largest absolute Gasteiger partial charge is 0.391 e. The molecule has 0 radical (unpaired) electrons. The monoisotopic (exact) mass is 245 g/mol. The summed E-state index contributed by atoms with van der Waals surface area (Å²) < 4.78 is 0. The summed E-state index contributed by atoms with van der Waals surface area (Å²) in [6, 6.07) is 1.63. The first-order valence-corrected chi connectivity index (χ1v) is 5.71. The van der Waals surface area contributed by atoms with Crippen LogP contribution in [-0.2, 0) is 11.4 Å². The molecule has 2 atom stereocenters. The third kappa shape index (κ3) is 3.57. The van der Waals surface area contributed by atoms with Gasteiger partial charge in [0.25, 0.3) is 0 Å². The van der Waals surface area contributed by atoms with E-state index >= 15 is 0 Å². The van der Waals surface area contributed by atoms with Crippen molar-refractivity contribution in [3.05, 3.63) is 21.9 Å². The van der Waals surface area contributed by atoms with Gasteiger partial charge in [-0.3, -0.25) is 4.79 Å². The second-order valence-electron chi connectivity index (χ2n) is 3.45. The van der Waals surface area contributed by atoms with Gasteiger partial charge in [0.05, 0.1) is 6.61 Å². The summed E-state index contributed by atoms with van der Waals surface area (Å²) in [6.45, 7) is 1.26. The van der Waals surface area contributed by atoms with Crippen molar-refractivity contribution in [3.63, 3.8) is 0 Å². The third-order valence-corrected chi connectivity index (χ3v) is 3.04. The molecule has 1 rings (SSSR count). The van der Waals surface area contributed by atoms with E-state index in [0.717, 1.165) is 4.88 Å². The van der Waals surface area contributed by atoms with Gasteiger partial charge in [-0.2, -0.15) is 0 Å². The van der Waals surface area contributed by atoms with Crippen molar-refractivity contribution in [2.24, 2.45) is 0 Å². The van der Waals surface area contributed by atoms with Gasteiger partial charge in [0, 0.05) is 18.3 Å². The highest BCUT2D eigenvalue weighted by Gasteiger charge is 2.19. The van der Waals surface area contributed by atoms with Crippen molar-refractivity contribution in [2.45, 2.75) is 25.7 Å². The van der Waals surface area contributed by atoms with Crippen LogP contribution in [0.25, 0.3) is 0 Å². The Morgan fingerprint density at radius 2 is 2.25 bits per heavy atom. The lowest BCUT2D eigenvalue weighted by Gasteiger charge is -2.16. The quantitative estimate of drug-likeness (QED) is 0.577. The van der Waals surface area contributed by atoms with E-state index in [0.29, 0.717) is 5.56 Å². The van der Waals surface area contributed by atoms with Crippen molar-refractivity contribution in [1.29, 1.82) is 0 Å². The van der Waals surface area contributed by atoms with Crippen LogP contribution in [0.15, 0.2) is 11.4 Å². The van der Waals surface area contributed by atoms with Gasteiger partial charge >= 0.3 is 0 Å². The molecule has 0 spiro atoms. The first-order chi connectivity index (χ1) is 7.54. The molecule has 0 aliphatic heterocycles. The predicted molar refractivity (Wildman–Crippen MR) is 59.9 cm³/mol. The van der Waals surface area contributed by atoms with E-state index < -0.39 is 12.2 Å². The molecule has 5 nitrogen and oxygen atoms in total. The molecule has 4 N–H and O–H groups in total. The van der Waals surface area contributed by atoms with Gasteiger partial charge < -0.3 is 20.6 Å². The minimum Gasteiger partial charge on any atom is -0.391 e. The molecule has 0 bridgehead atoms. The molecule has 1 aromatic heterocycles. The zero-order valence-electron chi connectivity index (χ0n) is 8.88. The lowest BCUT2D eigenvalue weighted by molar-refractivity contribution is -0.119. The molecule has 90 valence electrons. The number of rotatable bonds is 5. The Kier molecular flexibility index (Phi) is 4.88. The van der Waals surface area contributed by atoms with Crippen molar-refractivity contribution >= 4 is 17.2 Å². The summed E-state index contributed by atoms with van der Waals surface area (Å²) in [5.41, 5.74) is 0.548. The fourth-order valence-corrected chi connectivity index (χ4v) is 1.99. The summed E-state index contributed by atoms with van der Waals surface area (Å²) in [5, 5.41) is 32.3. The van der Waals surface area contributed by atoms with E-state index in [2.05, 4.69) is 5.32 Å². The summed E-state index contributed by atoms with van der Waals surface area (Å²) in [7, 11) is 0. The fraction of sp³-hybridized carbons (Fsp3) is 0.500. The molecule has 16 heavy (non-hydrogen) atoms. The number of aliphatic hydroxyl groups excluding tert-OH is 3. The van der Waals surface area contributed by atoms with Crippen LogP contribution in [0, 0.1) is 0 Å². The van der Waals surface area contributed by atoms with Gasteiger partial charge in [-0.1, -0.05) is 0 Å². The van der Waals surface area contributed by atoms with E-state index in [1.807, 2.05) is 0 Å². The Labute approximate surface area is 97.4 Å². The highest BCUT2D eigenvalue weighted by Crippen LogP contribution is 2.23. The van der Waals surface area contributed by atoms with Gasteiger partial charge in [0.15, 0.2) is 0 Å². The van der Waals surface area contributed by atoms with E-state index in [1.165, 1.54) is 18.3 Å². The normalized spacial score (nSPS) is 14.5. The molecule has 0 saturated carbocycles. The molecule has 1 aromatic rings. The molecule has 1 heterocycles. The maximum atomic E-state index is 10.6. The van der Waals surface area contributed by atoms with Gasteiger partial charge in [-0.15, -0.1) is 11.3 Å². The van der Waals surface area contributed by atoms with Crippen LogP contribution >= 0.6 is 11.3 Å². The molecule has 0 aliphatic carbocycles. The lowest BCUT2D eigenvalue weighted by atomic mass is 10.1. The maximum Gasteiger partial charge on any atom is 0.216 e. The molecule has 0 saturated heterocycles. The molecule has 1 amide bonds. The molecule has 0 fully saturated rings. The number of amides is 1. The van der Waals surface area contributed by atoms with Crippen molar-refractivity contribution in [2.75, 3.05) is 6.54 Å². The fourth-order valence-electron chi connectivity index (χ4n) is 1.22. The van der Waals surface area contributed by atoms with Crippen LogP contribution in [0.4, 0.5) is 0 Å². The number of thiophene rings is 1. The predicted octanol–water partition coefficient (Wildman–Crippen LogP) is -0.229. The van der Waals surface area contributed by atoms with E-state index in [4.69, 9.17) is 5.11 Å². The average molecular weight is 245 g/mol. The van der Waals surface area contributed by atoms with Gasteiger partial charge in [0.1, 0.15) is 12.2 Å². The maximum absolute atomic E-state index is 10.6. The van der Waals surface area contributed by atoms with Crippen molar-refractivity contribution in [3.8, 4) is 0 Å². The highest BCUT2D eigenvalue weighted by atomic mass is 32.1. The Bertz CT molecular complexity index is 352. The number of aliphatic hydroxyl groups is 3. The summed E-state index contributed by atoms with van der Waals surface area (Å²) >= 11 is 1.31. The minimum absolute atomic E-state index is 0.000799. The smallest absolute Gasteiger partial charge is 0.216 e. The summed E-state index contributed by atoms with van der Waals surface area (Å²) in [4.78, 5) is 11.3. The Hall–Kier alpha value is -0.950. The van der Waals surface area contributed by atoms with Crippen LogP contribution in [0.1, 0.15) is 23.5 Å². The van der Waals surface area contributed by atoms with E-state index in [9.17, 15) is 15.0 Å². The second-order valence-corrected chi connectivity index (χ2v) is 4.45. The average Bonchev–Trinajstić information content (AvgIpc) is 2.73. The highest BCUT2D eigenvalue weighted by molar-refractivity contribution is 7.10. The number of carbonyl (C=O) groups is 1. The Morgan fingerprint density at radius 1 is 1.56 bits per heavy atom. The molecule has 0 aliphatic rings. The van der Waals surface area contributed by atoms with Crippen LogP contribution < -0.4 is 5.32 Å². The number of nitrogens with one attached hydrogen (secondary N) is 1. The van der Waals surface area contributed by atoms with Crippen LogP contribution in [0.2, 0.25) is 0 Å². The van der Waals surface area contributed by atoms with Crippen LogP contribution in [-0.4, -0.2) is 33.9 Å². The standard InChI is InChI=1S/C10H15NO4S/c1-6(13)11-3-9(14)10(15)7-2-8(4-12)16-5-7/h2,5,9-10,12,14-15H,3-4H2,1H3,(H,11,13). The second kappa shape index (κ2) is 5.95. The molecule has 6 heteroatoms. The molecule has 0 aromatic carbocycles. The minimum atomic E-state index is -1.05. The van der Waals surface area contributed by atoms with Crippen LogP contribution in [0.5, 0.6) is 0 Å². The number of hydrogen-bond acceptors (Lipinski definition) is 5. The van der Waals surface area contributed by atoms with Crippen LogP contribution in [0.3, 0.4) is 0 Å². The lowest BCUT2D eigenvalue weighted by Crippen LogP contribution is -2.34. The van der Waals surface area contributed by atoms with E-state index in [-0.39, 0.29) is 19.1 Å². The first-order valence-electron chi connectivity index (χ1n) is 4.83. The Balaban J connectivity index is 2.55. The number of hydrogen-bond donors (Lipinski definition) is 4.